The average Bonchev–Trinajstić information content (AvgIpc) is 2.41. The molecule has 0 unspecified atom stereocenters. The van der Waals surface area contributed by atoms with Crippen molar-refractivity contribution in [2.24, 2.45) is 5.41 Å². The van der Waals surface area contributed by atoms with Crippen molar-refractivity contribution in [2.75, 3.05) is 26.7 Å². The Morgan fingerprint density at radius 2 is 2.21 bits per heavy atom. The summed E-state index contributed by atoms with van der Waals surface area (Å²) in [4.78, 5) is 17.7. The molecule has 5 heteroatoms. The minimum absolute atomic E-state index is 0.0130. The molecular weight excluding hydrogens is 245 g/mol. The number of rotatable bonds is 3. The van der Waals surface area contributed by atoms with Crippen LogP contribution in [0.3, 0.4) is 0 Å². The zero-order valence-corrected chi connectivity index (χ0v) is 11.4. The fraction of sp³-hybridized carbons (Fsp3) is 0.571. The second kappa shape index (κ2) is 5.65. The van der Waals surface area contributed by atoms with E-state index in [-0.39, 0.29) is 16.9 Å². The summed E-state index contributed by atoms with van der Waals surface area (Å²) in [5, 5.41) is 2.83. The summed E-state index contributed by atoms with van der Waals surface area (Å²) >= 11 is 0. The molecule has 0 spiro atoms. The zero-order chi connectivity index (χ0) is 13.9. The molecular formula is C14H20FN3O. The molecule has 1 saturated heterocycles. The number of piperidine rings is 1. The van der Waals surface area contributed by atoms with E-state index in [1.807, 2.05) is 0 Å². The fourth-order valence-corrected chi connectivity index (χ4v) is 2.28. The zero-order valence-electron chi connectivity index (χ0n) is 11.4. The molecule has 1 fully saturated rings. The molecule has 1 amide bonds. The normalized spacial score (nSPS) is 19.1. The molecule has 1 aliphatic rings. The first-order valence-corrected chi connectivity index (χ1v) is 6.57. The molecule has 1 aromatic heterocycles. The molecule has 2 heterocycles. The van der Waals surface area contributed by atoms with Crippen LogP contribution in [0.15, 0.2) is 18.3 Å². The Morgan fingerprint density at radius 3 is 2.84 bits per heavy atom. The number of likely N-dealkylation sites (tertiary alicyclic amines) is 1. The van der Waals surface area contributed by atoms with Crippen molar-refractivity contribution in [1.82, 2.24) is 15.2 Å². The summed E-state index contributed by atoms with van der Waals surface area (Å²) in [5.41, 5.74) is 0.111. The van der Waals surface area contributed by atoms with Gasteiger partial charge in [-0.15, -0.1) is 0 Å². The van der Waals surface area contributed by atoms with E-state index < -0.39 is 5.95 Å². The van der Waals surface area contributed by atoms with Gasteiger partial charge in [0.15, 0.2) is 0 Å². The summed E-state index contributed by atoms with van der Waals surface area (Å²) in [6.45, 7) is 4.81. The van der Waals surface area contributed by atoms with E-state index in [9.17, 15) is 9.18 Å². The SMILES string of the molecule is CN1CCC(C)(CNC(=O)c2cccnc2F)CC1. The van der Waals surface area contributed by atoms with Gasteiger partial charge in [0.05, 0.1) is 5.56 Å². The van der Waals surface area contributed by atoms with Gasteiger partial charge in [0.1, 0.15) is 0 Å². The lowest BCUT2D eigenvalue weighted by molar-refractivity contribution is 0.0887. The maximum atomic E-state index is 13.4. The summed E-state index contributed by atoms with van der Waals surface area (Å²) in [6.07, 6.45) is 3.42. The first kappa shape index (κ1) is 13.9. The van der Waals surface area contributed by atoms with Crippen LogP contribution in [0.2, 0.25) is 0 Å². The Kier molecular flexibility index (Phi) is 4.14. The topological polar surface area (TPSA) is 45.2 Å². The monoisotopic (exact) mass is 265 g/mol. The Hall–Kier alpha value is -1.49. The minimum atomic E-state index is -0.714. The molecule has 0 aliphatic carbocycles. The molecule has 104 valence electrons. The molecule has 0 saturated carbocycles. The number of halogens is 1. The molecule has 0 radical (unpaired) electrons. The lowest BCUT2D eigenvalue weighted by Crippen LogP contribution is -2.43. The van der Waals surface area contributed by atoms with Gasteiger partial charge in [-0.05, 0) is 50.5 Å². The van der Waals surface area contributed by atoms with Gasteiger partial charge in [-0.1, -0.05) is 6.92 Å². The maximum absolute atomic E-state index is 13.4. The second-order valence-corrected chi connectivity index (χ2v) is 5.64. The van der Waals surface area contributed by atoms with Gasteiger partial charge in [0.2, 0.25) is 5.95 Å². The van der Waals surface area contributed by atoms with Crippen molar-refractivity contribution in [1.29, 1.82) is 0 Å². The van der Waals surface area contributed by atoms with Crippen molar-refractivity contribution in [2.45, 2.75) is 19.8 Å². The van der Waals surface area contributed by atoms with Crippen LogP contribution in [-0.4, -0.2) is 42.5 Å². The molecule has 0 atom stereocenters. The number of pyridine rings is 1. The van der Waals surface area contributed by atoms with Gasteiger partial charge < -0.3 is 10.2 Å². The van der Waals surface area contributed by atoms with E-state index in [2.05, 4.69) is 29.2 Å². The molecule has 1 aromatic rings. The third-order valence-corrected chi connectivity index (χ3v) is 3.87. The molecule has 1 N–H and O–H groups in total. The highest BCUT2D eigenvalue weighted by atomic mass is 19.1. The molecule has 0 bridgehead atoms. The summed E-state index contributed by atoms with van der Waals surface area (Å²) in [7, 11) is 2.10. The van der Waals surface area contributed by atoms with Crippen LogP contribution in [0.4, 0.5) is 4.39 Å². The maximum Gasteiger partial charge on any atom is 0.255 e. The highest BCUT2D eigenvalue weighted by Crippen LogP contribution is 2.29. The molecule has 4 nitrogen and oxygen atoms in total. The number of carbonyl (C=O) groups excluding carboxylic acids is 1. The Bertz CT molecular complexity index is 456. The lowest BCUT2D eigenvalue weighted by atomic mass is 9.80. The van der Waals surface area contributed by atoms with Gasteiger partial charge in [0.25, 0.3) is 5.91 Å². The van der Waals surface area contributed by atoms with Crippen molar-refractivity contribution in [3.63, 3.8) is 0 Å². The molecule has 1 aliphatic heterocycles. The quantitative estimate of drug-likeness (QED) is 0.846. The second-order valence-electron chi connectivity index (χ2n) is 5.64. The van der Waals surface area contributed by atoms with Crippen LogP contribution < -0.4 is 5.32 Å². The number of hydrogen-bond acceptors (Lipinski definition) is 3. The van der Waals surface area contributed by atoms with Gasteiger partial charge >= 0.3 is 0 Å². The van der Waals surface area contributed by atoms with E-state index in [0.29, 0.717) is 6.54 Å². The number of hydrogen-bond donors (Lipinski definition) is 1. The smallest absolute Gasteiger partial charge is 0.255 e. The van der Waals surface area contributed by atoms with Crippen molar-refractivity contribution >= 4 is 5.91 Å². The summed E-state index contributed by atoms with van der Waals surface area (Å²) in [5.74, 6) is -1.10. The van der Waals surface area contributed by atoms with E-state index >= 15 is 0 Å². The minimum Gasteiger partial charge on any atom is -0.351 e. The summed E-state index contributed by atoms with van der Waals surface area (Å²) < 4.78 is 13.4. The number of aromatic nitrogens is 1. The van der Waals surface area contributed by atoms with Crippen LogP contribution in [0, 0.1) is 11.4 Å². The number of carbonyl (C=O) groups is 1. The third kappa shape index (κ3) is 3.50. The van der Waals surface area contributed by atoms with Crippen LogP contribution in [-0.2, 0) is 0 Å². The largest absolute Gasteiger partial charge is 0.351 e. The number of amides is 1. The molecule has 19 heavy (non-hydrogen) atoms. The van der Waals surface area contributed by atoms with Crippen LogP contribution in [0.25, 0.3) is 0 Å². The predicted octanol–water partition coefficient (Wildman–Crippen LogP) is 1.68. The van der Waals surface area contributed by atoms with E-state index in [1.54, 1.807) is 6.07 Å². The fourth-order valence-electron chi connectivity index (χ4n) is 2.28. The van der Waals surface area contributed by atoms with Gasteiger partial charge in [-0.3, -0.25) is 4.79 Å². The van der Waals surface area contributed by atoms with E-state index in [4.69, 9.17) is 0 Å². The number of nitrogens with one attached hydrogen (secondary N) is 1. The van der Waals surface area contributed by atoms with Gasteiger partial charge in [-0.25, -0.2) is 4.98 Å². The highest BCUT2D eigenvalue weighted by Gasteiger charge is 2.29. The Balaban J connectivity index is 1.92. The Morgan fingerprint density at radius 1 is 1.53 bits per heavy atom. The lowest BCUT2D eigenvalue weighted by Gasteiger charge is -2.37. The van der Waals surface area contributed by atoms with E-state index in [0.717, 1.165) is 25.9 Å². The van der Waals surface area contributed by atoms with Crippen molar-refractivity contribution < 1.29 is 9.18 Å². The molecule has 2 rings (SSSR count). The van der Waals surface area contributed by atoms with Crippen molar-refractivity contribution in [3.8, 4) is 0 Å². The van der Waals surface area contributed by atoms with Gasteiger partial charge in [0, 0.05) is 12.7 Å². The third-order valence-electron chi connectivity index (χ3n) is 3.87. The van der Waals surface area contributed by atoms with Crippen LogP contribution in [0.5, 0.6) is 0 Å². The summed E-state index contributed by atoms with van der Waals surface area (Å²) in [6, 6.07) is 3.02. The number of nitrogens with zero attached hydrogens (tertiary/aromatic N) is 2. The van der Waals surface area contributed by atoms with Gasteiger partial charge in [-0.2, -0.15) is 4.39 Å². The van der Waals surface area contributed by atoms with E-state index in [1.165, 1.54) is 12.3 Å². The van der Waals surface area contributed by atoms with Crippen LogP contribution in [0.1, 0.15) is 30.1 Å². The first-order valence-electron chi connectivity index (χ1n) is 6.57. The highest BCUT2D eigenvalue weighted by molar-refractivity contribution is 5.94. The standard InChI is InChI=1S/C14H20FN3O/c1-14(5-8-18(2)9-6-14)10-17-13(19)11-4-3-7-16-12(11)15/h3-4,7H,5-6,8-10H2,1-2H3,(H,17,19). The first-order chi connectivity index (χ1) is 9.00. The molecule has 0 aromatic carbocycles. The van der Waals surface area contributed by atoms with Crippen LogP contribution >= 0.6 is 0 Å². The Labute approximate surface area is 113 Å². The van der Waals surface area contributed by atoms with Crippen molar-refractivity contribution in [3.05, 3.63) is 29.8 Å². The average molecular weight is 265 g/mol. The predicted molar refractivity (Wildman–Crippen MR) is 71.4 cm³/mol.